The van der Waals surface area contributed by atoms with Gasteiger partial charge in [0.1, 0.15) is 0 Å². The van der Waals surface area contributed by atoms with Gasteiger partial charge in [-0.05, 0) is 37.3 Å². The molecule has 20 heavy (non-hydrogen) atoms. The Morgan fingerprint density at radius 2 is 1.75 bits per heavy atom. The van der Waals surface area contributed by atoms with Crippen LogP contribution in [0.1, 0.15) is 18.5 Å². The maximum atomic E-state index is 4.92. The summed E-state index contributed by atoms with van der Waals surface area (Å²) in [5, 5.41) is 3.40. The summed E-state index contributed by atoms with van der Waals surface area (Å²) in [5.74, 6) is 1.96. The van der Waals surface area contributed by atoms with E-state index in [2.05, 4.69) is 22.3 Å². The Morgan fingerprint density at radius 1 is 1.05 bits per heavy atom. The first kappa shape index (κ1) is 12.1. The van der Waals surface area contributed by atoms with Crippen LogP contribution >= 0.6 is 0 Å². The first-order valence-electron chi connectivity index (χ1n) is 7.61. The van der Waals surface area contributed by atoms with Crippen LogP contribution in [0.5, 0.6) is 0 Å². The lowest BCUT2D eigenvalue weighted by molar-refractivity contribution is 0.581. The molecule has 4 rings (SSSR count). The van der Waals surface area contributed by atoms with Crippen molar-refractivity contribution in [3.05, 3.63) is 30.0 Å². The Morgan fingerprint density at radius 3 is 2.45 bits per heavy atom. The summed E-state index contributed by atoms with van der Waals surface area (Å²) in [6, 6.07) is 8.22. The molecule has 2 heterocycles. The van der Waals surface area contributed by atoms with Crippen LogP contribution in [0.25, 0.3) is 11.0 Å². The number of fused-ring (bicyclic) bond motifs is 1. The minimum absolute atomic E-state index is 0.840. The van der Waals surface area contributed by atoms with Crippen molar-refractivity contribution in [1.82, 2.24) is 15.3 Å². The molecule has 0 spiro atoms. The summed E-state index contributed by atoms with van der Waals surface area (Å²) in [5.41, 5.74) is 3.25. The average Bonchev–Trinajstić information content (AvgIpc) is 3.31. The summed E-state index contributed by atoms with van der Waals surface area (Å²) in [7, 11) is 0. The maximum Gasteiger partial charge on any atom is 0.151 e. The van der Waals surface area contributed by atoms with E-state index >= 15 is 0 Å². The smallest absolute Gasteiger partial charge is 0.151 e. The SMILES string of the molecule is c1ccc2nc(N3CCNCC3)c(CC3CC3)nc2c1. The summed E-state index contributed by atoms with van der Waals surface area (Å²) in [4.78, 5) is 12.2. The summed E-state index contributed by atoms with van der Waals surface area (Å²) >= 11 is 0. The topological polar surface area (TPSA) is 41.1 Å². The molecule has 4 nitrogen and oxygen atoms in total. The normalized spacial score (nSPS) is 19.5. The van der Waals surface area contributed by atoms with Gasteiger partial charge in [0.15, 0.2) is 5.82 Å². The Labute approximate surface area is 119 Å². The van der Waals surface area contributed by atoms with E-state index in [-0.39, 0.29) is 0 Å². The van der Waals surface area contributed by atoms with E-state index in [9.17, 15) is 0 Å². The highest BCUT2D eigenvalue weighted by molar-refractivity contribution is 5.76. The number of nitrogens with one attached hydrogen (secondary N) is 1. The number of hydrogen-bond acceptors (Lipinski definition) is 4. The fourth-order valence-corrected chi connectivity index (χ4v) is 2.89. The number of piperazine rings is 1. The van der Waals surface area contributed by atoms with Crippen LogP contribution in [0, 0.1) is 5.92 Å². The third-order valence-electron chi connectivity index (χ3n) is 4.22. The number of nitrogens with zero attached hydrogens (tertiary/aromatic N) is 3. The third-order valence-corrected chi connectivity index (χ3v) is 4.22. The Kier molecular flexibility index (Phi) is 3.03. The van der Waals surface area contributed by atoms with E-state index in [1.165, 1.54) is 18.5 Å². The molecular weight excluding hydrogens is 248 g/mol. The van der Waals surface area contributed by atoms with E-state index < -0.39 is 0 Å². The molecule has 1 N–H and O–H groups in total. The zero-order valence-corrected chi connectivity index (χ0v) is 11.7. The lowest BCUT2D eigenvalue weighted by atomic mass is 10.2. The van der Waals surface area contributed by atoms with E-state index in [4.69, 9.17) is 9.97 Å². The molecule has 1 aromatic carbocycles. The van der Waals surface area contributed by atoms with E-state index in [1.807, 2.05) is 12.1 Å². The van der Waals surface area contributed by atoms with E-state index in [0.717, 1.165) is 55.4 Å². The summed E-state index contributed by atoms with van der Waals surface area (Å²) < 4.78 is 0. The molecule has 0 radical (unpaired) electrons. The first-order chi connectivity index (χ1) is 9.90. The van der Waals surface area contributed by atoms with Gasteiger partial charge >= 0.3 is 0 Å². The lowest BCUT2D eigenvalue weighted by Crippen LogP contribution is -2.44. The monoisotopic (exact) mass is 268 g/mol. The van der Waals surface area contributed by atoms with E-state index in [1.54, 1.807) is 0 Å². The third kappa shape index (κ3) is 2.36. The van der Waals surface area contributed by atoms with Crippen molar-refractivity contribution in [2.75, 3.05) is 31.1 Å². The largest absolute Gasteiger partial charge is 0.353 e. The molecule has 0 amide bonds. The molecule has 0 unspecified atom stereocenters. The van der Waals surface area contributed by atoms with Crippen molar-refractivity contribution >= 4 is 16.9 Å². The van der Waals surface area contributed by atoms with Crippen LogP contribution < -0.4 is 10.2 Å². The molecule has 1 aliphatic carbocycles. The molecule has 2 aliphatic rings. The molecule has 2 fully saturated rings. The number of aromatic nitrogens is 2. The average molecular weight is 268 g/mol. The van der Waals surface area contributed by atoms with Crippen molar-refractivity contribution in [3.63, 3.8) is 0 Å². The lowest BCUT2D eigenvalue weighted by Gasteiger charge is -2.29. The molecular formula is C16H20N4. The standard InChI is InChI=1S/C16H20N4/c1-2-4-14-13(3-1)18-15(11-12-5-6-12)16(19-14)20-9-7-17-8-10-20/h1-4,12,17H,5-11H2. The van der Waals surface area contributed by atoms with Gasteiger partial charge in [-0.1, -0.05) is 12.1 Å². The van der Waals surface area contributed by atoms with Gasteiger partial charge < -0.3 is 10.2 Å². The zero-order chi connectivity index (χ0) is 13.4. The van der Waals surface area contributed by atoms with Crippen LogP contribution in [0.4, 0.5) is 5.82 Å². The van der Waals surface area contributed by atoms with Gasteiger partial charge in [-0.25, -0.2) is 9.97 Å². The maximum absolute atomic E-state index is 4.92. The first-order valence-corrected chi connectivity index (χ1v) is 7.61. The highest BCUT2D eigenvalue weighted by atomic mass is 15.2. The molecule has 104 valence electrons. The predicted molar refractivity (Wildman–Crippen MR) is 81.0 cm³/mol. The van der Waals surface area contributed by atoms with Gasteiger partial charge in [0.2, 0.25) is 0 Å². The van der Waals surface area contributed by atoms with Crippen molar-refractivity contribution in [2.45, 2.75) is 19.3 Å². The van der Waals surface area contributed by atoms with Crippen molar-refractivity contribution in [3.8, 4) is 0 Å². The number of anilines is 1. The van der Waals surface area contributed by atoms with E-state index in [0.29, 0.717) is 0 Å². The Bertz CT molecular complexity index is 615. The Balaban J connectivity index is 1.77. The minimum atomic E-state index is 0.840. The van der Waals surface area contributed by atoms with Crippen molar-refractivity contribution < 1.29 is 0 Å². The Hall–Kier alpha value is -1.68. The van der Waals surface area contributed by atoms with Crippen LogP contribution in [-0.4, -0.2) is 36.1 Å². The zero-order valence-electron chi connectivity index (χ0n) is 11.7. The summed E-state index contributed by atoms with van der Waals surface area (Å²) in [6.07, 6.45) is 3.81. The van der Waals surface area contributed by atoms with Crippen LogP contribution in [0.15, 0.2) is 24.3 Å². The van der Waals surface area contributed by atoms with Gasteiger partial charge in [-0.2, -0.15) is 0 Å². The molecule has 2 aromatic rings. The van der Waals surface area contributed by atoms with Gasteiger partial charge in [-0.3, -0.25) is 0 Å². The van der Waals surface area contributed by atoms with Crippen LogP contribution in [0.3, 0.4) is 0 Å². The van der Waals surface area contributed by atoms with Crippen molar-refractivity contribution in [2.24, 2.45) is 5.92 Å². The second kappa shape index (κ2) is 5.02. The number of benzene rings is 1. The van der Waals surface area contributed by atoms with Gasteiger partial charge in [0, 0.05) is 26.2 Å². The molecule has 1 saturated carbocycles. The second-order valence-electron chi connectivity index (χ2n) is 5.87. The van der Waals surface area contributed by atoms with Crippen LogP contribution in [-0.2, 0) is 6.42 Å². The van der Waals surface area contributed by atoms with Gasteiger partial charge in [-0.15, -0.1) is 0 Å². The quantitative estimate of drug-likeness (QED) is 0.924. The highest BCUT2D eigenvalue weighted by Gasteiger charge is 2.26. The summed E-state index contributed by atoms with van der Waals surface area (Å²) in [6.45, 7) is 4.14. The number of rotatable bonds is 3. The highest BCUT2D eigenvalue weighted by Crippen LogP contribution is 2.34. The number of para-hydroxylation sites is 2. The molecule has 1 aliphatic heterocycles. The van der Waals surface area contributed by atoms with Gasteiger partial charge in [0.25, 0.3) is 0 Å². The fraction of sp³-hybridized carbons (Fsp3) is 0.500. The second-order valence-corrected chi connectivity index (χ2v) is 5.87. The number of hydrogen-bond donors (Lipinski definition) is 1. The predicted octanol–water partition coefficient (Wildman–Crippen LogP) is 1.99. The minimum Gasteiger partial charge on any atom is -0.353 e. The molecule has 1 saturated heterocycles. The van der Waals surface area contributed by atoms with Crippen molar-refractivity contribution in [1.29, 1.82) is 0 Å². The molecule has 1 aromatic heterocycles. The molecule has 4 heteroatoms. The fourth-order valence-electron chi connectivity index (χ4n) is 2.89. The molecule has 0 bridgehead atoms. The molecule has 0 atom stereocenters. The van der Waals surface area contributed by atoms with Crippen LogP contribution in [0.2, 0.25) is 0 Å². The van der Waals surface area contributed by atoms with Gasteiger partial charge in [0.05, 0.1) is 16.7 Å².